The van der Waals surface area contributed by atoms with Crippen LogP contribution in [-0.2, 0) is 19.5 Å². The monoisotopic (exact) mass is 374 g/mol. The van der Waals surface area contributed by atoms with Crippen LogP contribution in [0.3, 0.4) is 0 Å². The summed E-state index contributed by atoms with van der Waals surface area (Å²) in [5.41, 5.74) is 4.88. The van der Waals surface area contributed by atoms with Gasteiger partial charge >= 0.3 is 0 Å². The van der Waals surface area contributed by atoms with Crippen LogP contribution < -0.4 is 5.32 Å². The molecular formula is C23H23FN4. The van der Waals surface area contributed by atoms with Gasteiger partial charge in [0.2, 0.25) is 5.95 Å². The number of fused-ring (bicyclic) bond motifs is 3. The van der Waals surface area contributed by atoms with Crippen molar-refractivity contribution in [3.05, 3.63) is 89.0 Å². The minimum Gasteiger partial charge on any atom is -0.350 e. The van der Waals surface area contributed by atoms with E-state index in [0.29, 0.717) is 17.8 Å². The van der Waals surface area contributed by atoms with Gasteiger partial charge in [-0.3, -0.25) is 4.90 Å². The number of nitrogens with one attached hydrogen (secondary N) is 1. The first-order valence-corrected chi connectivity index (χ1v) is 9.85. The highest BCUT2D eigenvalue weighted by atomic mass is 19.1. The van der Waals surface area contributed by atoms with Crippen molar-refractivity contribution in [3.8, 4) is 0 Å². The molecule has 1 aliphatic heterocycles. The molecule has 142 valence electrons. The van der Waals surface area contributed by atoms with Crippen molar-refractivity contribution in [1.82, 2.24) is 14.9 Å². The van der Waals surface area contributed by atoms with Crippen LogP contribution in [0.1, 0.15) is 28.3 Å². The summed E-state index contributed by atoms with van der Waals surface area (Å²) in [5.74, 6) is 1.60. The Balaban J connectivity index is 1.26. The zero-order valence-electron chi connectivity index (χ0n) is 15.7. The fourth-order valence-electron chi connectivity index (χ4n) is 4.50. The third-order valence-corrected chi connectivity index (χ3v) is 5.86. The molecule has 5 rings (SSSR count). The molecular weight excluding hydrogens is 351 g/mol. The summed E-state index contributed by atoms with van der Waals surface area (Å²) >= 11 is 0. The van der Waals surface area contributed by atoms with Gasteiger partial charge < -0.3 is 5.32 Å². The van der Waals surface area contributed by atoms with Crippen LogP contribution in [0.15, 0.2) is 60.8 Å². The van der Waals surface area contributed by atoms with E-state index in [-0.39, 0.29) is 5.82 Å². The molecule has 0 amide bonds. The fourth-order valence-corrected chi connectivity index (χ4v) is 4.50. The van der Waals surface area contributed by atoms with E-state index in [1.807, 2.05) is 36.5 Å². The SMILES string of the molecule is Fc1ccc(CN2C[C@@H]3Cc4cnc(NCc5ccccc5)nc4[C@@H]3C2)cc1. The van der Waals surface area contributed by atoms with E-state index in [1.54, 1.807) is 12.1 Å². The molecule has 5 heteroatoms. The standard InChI is InChI=1S/C23H23FN4/c24-20-8-6-17(7-9-20)13-28-14-19-10-18-12-26-23(27-22(18)21(19)15-28)25-11-16-4-2-1-3-5-16/h1-9,12,19,21H,10-11,13-15H2,(H,25,26,27)/t19-,21+/m0/s1. The Morgan fingerprint density at radius 3 is 2.64 bits per heavy atom. The van der Waals surface area contributed by atoms with Crippen molar-refractivity contribution in [1.29, 1.82) is 0 Å². The number of hydrogen-bond donors (Lipinski definition) is 1. The molecule has 2 aliphatic rings. The zero-order chi connectivity index (χ0) is 18.9. The molecule has 2 heterocycles. The first kappa shape index (κ1) is 17.3. The van der Waals surface area contributed by atoms with E-state index in [9.17, 15) is 4.39 Å². The highest BCUT2D eigenvalue weighted by Gasteiger charge is 2.41. The summed E-state index contributed by atoms with van der Waals surface area (Å²) in [7, 11) is 0. The van der Waals surface area contributed by atoms with Crippen LogP contribution in [0.2, 0.25) is 0 Å². The molecule has 0 saturated carbocycles. The smallest absolute Gasteiger partial charge is 0.223 e. The lowest BCUT2D eigenvalue weighted by Gasteiger charge is -2.17. The van der Waals surface area contributed by atoms with Gasteiger partial charge in [-0.25, -0.2) is 14.4 Å². The molecule has 0 unspecified atom stereocenters. The lowest BCUT2D eigenvalue weighted by atomic mass is 9.99. The zero-order valence-corrected chi connectivity index (χ0v) is 15.7. The Bertz CT molecular complexity index is 958. The maximum Gasteiger partial charge on any atom is 0.223 e. The topological polar surface area (TPSA) is 41.1 Å². The van der Waals surface area contributed by atoms with Crippen molar-refractivity contribution in [2.45, 2.75) is 25.4 Å². The lowest BCUT2D eigenvalue weighted by Crippen LogP contribution is -2.21. The molecule has 2 atom stereocenters. The molecule has 4 nitrogen and oxygen atoms in total. The Kier molecular flexibility index (Phi) is 4.53. The summed E-state index contributed by atoms with van der Waals surface area (Å²) in [6, 6.07) is 17.1. The molecule has 28 heavy (non-hydrogen) atoms. The molecule has 1 fully saturated rings. The third-order valence-electron chi connectivity index (χ3n) is 5.86. The van der Waals surface area contributed by atoms with Gasteiger partial charge in [0.05, 0.1) is 5.69 Å². The highest BCUT2D eigenvalue weighted by Crippen LogP contribution is 2.42. The normalized spacial score (nSPS) is 20.8. The van der Waals surface area contributed by atoms with Gasteiger partial charge in [0.25, 0.3) is 0 Å². The number of aromatic nitrogens is 2. The number of benzene rings is 2. The van der Waals surface area contributed by atoms with Crippen LogP contribution in [0.25, 0.3) is 0 Å². The summed E-state index contributed by atoms with van der Waals surface area (Å²) in [4.78, 5) is 11.8. The molecule has 1 N–H and O–H groups in total. The quantitative estimate of drug-likeness (QED) is 0.733. The summed E-state index contributed by atoms with van der Waals surface area (Å²) in [6.45, 7) is 3.66. The van der Waals surface area contributed by atoms with Crippen LogP contribution >= 0.6 is 0 Å². The van der Waals surface area contributed by atoms with Crippen LogP contribution in [-0.4, -0.2) is 28.0 Å². The molecule has 1 aliphatic carbocycles. The summed E-state index contributed by atoms with van der Waals surface area (Å²) in [6.07, 6.45) is 3.05. The minimum atomic E-state index is -0.178. The Hall–Kier alpha value is -2.79. The molecule has 0 bridgehead atoms. The molecule has 2 aromatic carbocycles. The average Bonchev–Trinajstić information content (AvgIpc) is 3.26. The molecule has 1 saturated heterocycles. The van der Waals surface area contributed by atoms with E-state index in [4.69, 9.17) is 4.98 Å². The average molecular weight is 374 g/mol. The summed E-state index contributed by atoms with van der Waals surface area (Å²) in [5, 5.41) is 3.36. The van der Waals surface area contributed by atoms with Gasteiger partial charge in [0, 0.05) is 38.3 Å². The number of anilines is 1. The van der Waals surface area contributed by atoms with Gasteiger partial charge in [-0.05, 0) is 41.2 Å². The van der Waals surface area contributed by atoms with Crippen LogP contribution in [0, 0.1) is 11.7 Å². The first-order valence-electron chi connectivity index (χ1n) is 9.85. The predicted molar refractivity (Wildman–Crippen MR) is 107 cm³/mol. The van der Waals surface area contributed by atoms with Gasteiger partial charge in [0.1, 0.15) is 5.82 Å². The third kappa shape index (κ3) is 3.50. The van der Waals surface area contributed by atoms with Gasteiger partial charge in [0.15, 0.2) is 0 Å². The van der Waals surface area contributed by atoms with Gasteiger partial charge in [-0.1, -0.05) is 42.5 Å². The van der Waals surface area contributed by atoms with Crippen molar-refractivity contribution >= 4 is 5.95 Å². The molecule has 3 aromatic rings. The van der Waals surface area contributed by atoms with Crippen molar-refractivity contribution < 1.29 is 4.39 Å². The lowest BCUT2D eigenvalue weighted by molar-refractivity contribution is 0.313. The van der Waals surface area contributed by atoms with Crippen LogP contribution in [0.4, 0.5) is 10.3 Å². The Morgan fingerprint density at radius 1 is 1.00 bits per heavy atom. The predicted octanol–water partition coefficient (Wildman–Crippen LogP) is 4.00. The maximum atomic E-state index is 13.1. The molecule has 0 spiro atoms. The number of rotatable bonds is 5. The van der Waals surface area contributed by atoms with Gasteiger partial charge in [-0.15, -0.1) is 0 Å². The second-order valence-corrected chi connectivity index (χ2v) is 7.83. The van der Waals surface area contributed by atoms with E-state index in [1.165, 1.54) is 16.8 Å². The highest BCUT2D eigenvalue weighted by molar-refractivity contribution is 5.37. The number of halogens is 1. The van der Waals surface area contributed by atoms with Crippen molar-refractivity contribution in [2.75, 3.05) is 18.4 Å². The second kappa shape index (κ2) is 7.32. The minimum absolute atomic E-state index is 0.178. The van der Waals surface area contributed by atoms with E-state index < -0.39 is 0 Å². The van der Waals surface area contributed by atoms with Crippen molar-refractivity contribution in [3.63, 3.8) is 0 Å². The number of nitrogens with zero attached hydrogens (tertiary/aromatic N) is 3. The van der Waals surface area contributed by atoms with Gasteiger partial charge in [-0.2, -0.15) is 0 Å². The largest absolute Gasteiger partial charge is 0.350 e. The first-order chi connectivity index (χ1) is 13.7. The second-order valence-electron chi connectivity index (χ2n) is 7.83. The van der Waals surface area contributed by atoms with E-state index in [2.05, 4.69) is 27.3 Å². The summed E-state index contributed by atoms with van der Waals surface area (Å²) < 4.78 is 13.1. The molecule has 0 radical (unpaired) electrons. The maximum absolute atomic E-state index is 13.1. The fraction of sp³-hybridized carbons (Fsp3) is 0.304. The Morgan fingerprint density at radius 2 is 1.82 bits per heavy atom. The Labute approximate surface area is 164 Å². The van der Waals surface area contributed by atoms with E-state index in [0.717, 1.165) is 38.2 Å². The van der Waals surface area contributed by atoms with Crippen LogP contribution in [0.5, 0.6) is 0 Å². The number of hydrogen-bond acceptors (Lipinski definition) is 4. The van der Waals surface area contributed by atoms with E-state index >= 15 is 0 Å². The van der Waals surface area contributed by atoms with Crippen molar-refractivity contribution in [2.24, 2.45) is 5.92 Å². The molecule has 1 aromatic heterocycles. The number of likely N-dealkylation sites (tertiary alicyclic amines) is 1.